The molecule has 0 aromatic heterocycles. The lowest BCUT2D eigenvalue weighted by atomic mass is 9.84. The lowest BCUT2D eigenvalue weighted by Gasteiger charge is -2.45. The monoisotopic (exact) mass is 359 g/mol. The molecule has 0 aliphatic carbocycles. The number of nitrogens with zero attached hydrogens (tertiary/aromatic N) is 2. The van der Waals surface area contributed by atoms with Crippen molar-refractivity contribution in [2.45, 2.75) is 18.9 Å². The van der Waals surface area contributed by atoms with Crippen LogP contribution in [0.3, 0.4) is 0 Å². The van der Waals surface area contributed by atoms with E-state index in [2.05, 4.69) is 46.5 Å². The summed E-state index contributed by atoms with van der Waals surface area (Å²) in [6.45, 7) is 11.7. The van der Waals surface area contributed by atoms with Gasteiger partial charge in [0.25, 0.3) is 0 Å². The molecule has 3 heteroatoms. The molecule has 1 N–H and O–H groups in total. The summed E-state index contributed by atoms with van der Waals surface area (Å²) in [4.78, 5) is 4.64. The molecule has 3 heterocycles. The van der Waals surface area contributed by atoms with E-state index in [9.17, 15) is 0 Å². The summed E-state index contributed by atoms with van der Waals surface area (Å²) >= 11 is 0. The van der Waals surface area contributed by atoms with Gasteiger partial charge in [-0.15, -0.1) is 6.42 Å². The van der Waals surface area contributed by atoms with Crippen molar-refractivity contribution in [3.05, 3.63) is 78.7 Å². The summed E-state index contributed by atoms with van der Waals surface area (Å²) in [5.41, 5.74) is 3.97. The van der Waals surface area contributed by atoms with E-state index >= 15 is 0 Å². The third kappa shape index (κ3) is 4.72. The first-order valence-electron chi connectivity index (χ1n) is 9.59. The zero-order valence-corrected chi connectivity index (χ0v) is 16.2. The van der Waals surface area contributed by atoms with E-state index in [-0.39, 0.29) is 0 Å². The van der Waals surface area contributed by atoms with Gasteiger partial charge in [-0.25, -0.2) is 0 Å². The molecular weight excluding hydrogens is 330 g/mol. The van der Waals surface area contributed by atoms with Gasteiger partial charge in [0.2, 0.25) is 0 Å². The molecule has 3 fully saturated rings. The molecule has 0 radical (unpaired) electrons. The number of piperidine rings is 3. The molecule has 3 aliphatic heterocycles. The minimum absolute atomic E-state index is 0.487. The first-order valence-corrected chi connectivity index (χ1v) is 9.59. The highest BCUT2D eigenvalue weighted by atomic mass is 15.2. The molecular formula is C24H29N3. The van der Waals surface area contributed by atoms with Crippen LogP contribution in [-0.4, -0.2) is 37.6 Å². The zero-order chi connectivity index (χ0) is 19.2. The van der Waals surface area contributed by atoms with Crippen molar-refractivity contribution in [2.24, 2.45) is 5.92 Å². The van der Waals surface area contributed by atoms with Gasteiger partial charge in [0.05, 0.1) is 0 Å². The number of hydrogen-bond acceptors (Lipinski definition) is 3. The molecule has 1 unspecified atom stereocenters. The molecule has 0 amide bonds. The molecule has 1 aromatic carbocycles. The standard InChI is InChI=1S/C24H29N3/c1-5-7-8-22(17-26(4)23-11-9-20(6-2)10-12-23)19(3)25-24-18-27-15-13-21(24)14-16-27/h2,5,7-12,17,21,24-25H,1,3,13-16,18H2,4H3/b8-7-,22-17+. The Labute approximate surface area is 163 Å². The van der Waals surface area contributed by atoms with Gasteiger partial charge in [0.1, 0.15) is 0 Å². The predicted octanol–water partition coefficient (Wildman–Crippen LogP) is 3.93. The van der Waals surface area contributed by atoms with Gasteiger partial charge in [-0.1, -0.05) is 37.3 Å². The smallest absolute Gasteiger partial charge is 0.0417 e. The number of terminal acetylenes is 1. The minimum atomic E-state index is 0.487. The Kier molecular flexibility index (Phi) is 6.21. The van der Waals surface area contributed by atoms with Crippen molar-refractivity contribution in [3.63, 3.8) is 0 Å². The lowest BCUT2D eigenvalue weighted by Crippen LogP contribution is -2.55. The van der Waals surface area contributed by atoms with Crippen LogP contribution in [0.4, 0.5) is 5.69 Å². The van der Waals surface area contributed by atoms with Gasteiger partial charge in [0.15, 0.2) is 0 Å². The molecule has 3 aliphatic rings. The largest absolute Gasteiger partial charge is 0.381 e. The van der Waals surface area contributed by atoms with Crippen LogP contribution in [0.5, 0.6) is 0 Å². The quantitative estimate of drug-likeness (QED) is 0.588. The third-order valence-electron chi connectivity index (χ3n) is 5.55. The highest BCUT2D eigenvalue weighted by molar-refractivity contribution is 5.54. The predicted molar refractivity (Wildman–Crippen MR) is 115 cm³/mol. The van der Waals surface area contributed by atoms with Crippen LogP contribution in [0.1, 0.15) is 18.4 Å². The maximum Gasteiger partial charge on any atom is 0.0417 e. The fourth-order valence-corrected chi connectivity index (χ4v) is 3.90. The van der Waals surface area contributed by atoms with Crippen molar-refractivity contribution >= 4 is 5.69 Å². The lowest BCUT2D eigenvalue weighted by molar-refractivity contribution is 0.0777. The van der Waals surface area contributed by atoms with Crippen LogP contribution in [0.25, 0.3) is 0 Å². The number of anilines is 1. The topological polar surface area (TPSA) is 18.5 Å². The Morgan fingerprint density at radius 2 is 2.00 bits per heavy atom. The third-order valence-corrected chi connectivity index (χ3v) is 5.55. The van der Waals surface area contributed by atoms with Crippen molar-refractivity contribution in [1.29, 1.82) is 0 Å². The summed E-state index contributed by atoms with van der Waals surface area (Å²) in [5.74, 6) is 3.41. The van der Waals surface area contributed by atoms with Gasteiger partial charge in [-0.2, -0.15) is 0 Å². The van der Waals surface area contributed by atoms with E-state index < -0.39 is 0 Å². The van der Waals surface area contributed by atoms with Gasteiger partial charge >= 0.3 is 0 Å². The van der Waals surface area contributed by atoms with E-state index in [1.807, 2.05) is 37.4 Å². The minimum Gasteiger partial charge on any atom is -0.381 e. The second-order valence-corrected chi connectivity index (χ2v) is 7.35. The van der Waals surface area contributed by atoms with Gasteiger partial charge in [-0.05, 0) is 56.1 Å². The van der Waals surface area contributed by atoms with Crippen LogP contribution in [0.2, 0.25) is 0 Å². The fourth-order valence-electron chi connectivity index (χ4n) is 3.90. The molecule has 0 saturated carbocycles. The van der Waals surface area contributed by atoms with Crippen molar-refractivity contribution in [1.82, 2.24) is 10.2 Å². The summed E-state index contributed by atoms with van der Waals surface area (Å²) in [7, 11) is 2.04. The summed E-state index contributed by atoms with van der Waals surface area (Å²) in [5, 5.41) is 3.69. The average molecular weight is 360 g/mol. The fraction of sp³-hybridized carbons (Fsp3) is 0.333. The van der Waals surface area contributed by atoms with E-state index in [0.717, 1.165) is 35.0 Å². The first-order chi connectivity index (χ1) is 13.1. The van der Waals surface area contributed by atoms with Crippen LogP contribution in [-0.2, 0) is 0 Å². The Hall–Kier alpha value is -2.70. The van der Waals surface area contributed by atoms with Crippen molar-refractivity contribution in [3.8, 4) is 12.3 Å². The zero-order valence-electron chi connectivity index (χ0n) is 16.2. The second-order valence-electron chi connectivity index (χ2n) is 7.35. The molecule has 0 spiro atoms. The maximum absolute atomic E-state index is 5.45. The van der Waals surface area contributed by atoms with Crippen LogP contribution >= 0.6 is 0 Å². The maximum atomic E-state index is 5.45. The van der Waals surface area contributed by atoms with Gasteiger partial charge in [0, 0.05) is 48.4 Å². The van der Waals surface area contributed by atoms with E-state index in [4.69, 9.17) is 6.42 Å². The Morgan fingerprint density at radius 1 is 1.30 bits per heavy atom. The van der Waals surface area contributed by atoms with Crippen LogP contribution in [0, 0.1) is 18.3 Å². The molecule has 4 rings (SSSR count). The highest BCUT2D eigenvalue weighted by Crippen LogP contribution is 2.28. The summed E-state index contributed by atoms with van der Waals surface area (Å²) in [6, 6.07) is 8.47. The SMILES string of the molecule is C#Cc1ccc(N(C)/C=C(\C=C/C=C)C(=C)NC2CN3CCC2CC3)cc1. The molecule has 3 saturated heterocycles. The van der Waals surface area contributed by atoms with Crippen LogP contribution < -0.4 is 10.2 Å². The first kappa shape index (κ1) is 19.1. The molecule has 1 atom stereocenters. The number of rotatable bonds is 7. The number of hydrogen-bond donors (Lipinski definition) is 1. The van der Waals surface area contributed by atoms with Gasteiger partial charge < -0.3 is 15.1 Å². The molecule has 2 bridgehead atoms. The molecule has 1 aromatic rings. The summed E-state index contributed by atoms with van der Waals surface area (Å²) < 4.78 is 0. The number of nitrogens with one attached hydrogen (secondary N) is 1. The van der Waals surface area contributed by atoms with Crippen molar-refractivity contribution in [2.75, 3.05) is 31.6 Å². The Balaban J connectivity index is 1.74. The van der Waals surface area contributed by atoms with Crippen LogP contribution in [0.15, 0.2) is 73.1 Å². The highest BCUT2D eigenvalue weighted by Gasteiger charge is 2.34. The molecule has 27 heavy (non-hydrogen) atoms. The average Bonchev–Trinajstić information content (AvgIpc) is 2.71. The van der Waals surface area contributed by atoms with E-state index in [1.54, 1.807) is 6.08 Å². The Bertz CT molecular complexity index is 771. The van der Waals surface area contributed by atoms with Crippen molar-refractivity contribution < 1.29 is 0 Å². The van der Waals surface area contributed by atoms with E-state index in [1.165, 1.54) is 25.9 Å². The Morgan fingerprint density at radius 3 is 2.56 bits per heavy atom. The van der Waals surface area contributed by atoms with E-state index in [0.29, 0.717) is 6.04 Å². The summed E-state index contributed by atoms with van der Waals surface area (Å²) in [6.07, 6.45) is 15.9. The second kappa shape index (κ2) is 8.79. The molecule has 140 valence electrons. The number of fused-ring (bicyclic) bond motifs is 3. The normalized spacial score (nSPS) is 24.4. The number of benzene rings is 1. The van der Waals surface area contributed by atoms with Gasteiger partial charge in [-0.3, -0.25) is 0 Å². The number of allylic oxidation sites excluding steroid dienone is 3. The molecule has 3 nitrogen and oxygen atoms in total.